The molecule has 0 unspecified atom stereocenters. The van der Waals surface area contributed by atoms with Gasteiger partial charge >= 0.3 is 5.97 Å². The molecule has 3 N–H and O–H groups in total. The van der Waals surface area contributed by atoms with Crippen LogP contribution in [-0.4, -0.2) is 29.6 Å². The van der Waals surface area contributed by atoms with Crippen molar-refractivity contribution in [2.75, 3.05) is 11.4 Å². The molecule has 18 heavy (non-hydrogen) atoms. The molecule has 0 spiro atoms. The number of nitrogens with two attached hydrogens (primary N) is 1. The number of thiophene rings is 1. The van der Waals surface area contributed by atoms with Gasteiger partial charge in [0, 0.05) is 6.04 Å². The molecular formula is C12H16N2O3S. The average molecular weight is 268 g/mol. The predicted molar refractivity (Wildman–Crippen MR) is 70.1 cm³/mol. The molecule has 0 atom stereocenters. The number of rotatable bonds is 5. The van der Waals surface area contributed by atoms with Gasteiger partial charge in [-0.1, -0.05) is 12.8 Å². The number of hydrogen-bond donors (Lipinski definition) is 2. The summed E-state index contributed by atoms with van der Waals surface area (Å²) in [4.78, 5) is 24.3. The minimum Gasteiger partial charge on any atom is -0.477 e. The van der Waals surface area contributed by atoms with E-state index in [0.29, 0.717) is 6.04 Å². The fraction of sp³-hybridized carbons (Fsp3) is 0.500. The van der Waals surface area contributed by atoms with Gasteiger partial charge in [0.25, 0.3) is 0 Å². The Morgan fingerprint density at radius 1 is 1.39 bits per heavy atom. The summed E-state index contributed by atoms with van der Waals surface area (Å²) in [6.45, 7) is 0.157. The van der Waals surface area contributed by atoms with Gasteiger partial charge in [-0.2, -0.15) is 0 Å². The molecule has 6 heteroatoms. The van der Waals surface area contributed by atoms with Crippen molar-refractivity contribution in [3.8, 4) is 0 Å². The van der Waals surface area contributed by atoms with Gasteiger partial charge in [-0.15, -0.1) is 11.3 Å². The van der Waals surface area contributed by atoms with E-state index in [4.69, 9.17) is 10.8 Å². The van der Waals surface area contributed by atoms with Crippen LogP contribution in [0.3, 0.4) is 0 Å². The SMILES string of the molecule is NC(=O)CN(c1ccc(C(=O)O)s1)C1CCCC1. The lowest BCUT2D eigenvalue weighted by Crippen LogP contribution is -2.39. The van der Waals surface area contributed by atoms with Crippen molar-refractivity contribution in [1.29, 1.82) is 0 Å². The van der Waals surface area contributed by atoms with Crippen LogP contribution in [0.2, 0.25) is 0 Å². The number of carbonyl (C=O) groups excluding carboxylic acids is 1. The van der Waals surface area contributed by atoms with Crippen LogP contribution in [-0.2, 0) is 4.79 Å². The Morgan fingerprint density at radius 2 is 2.06 bits per heavy atom. The molecule has 2 rings (SSSR count). The molecule has 1 heterocycles. The van der Waals surface area contributed by atoms with Gasteiger partial charge in [0.05, 0.1) is 11.5 Å². The number of anilines is 1. The summed E-state index contributed by atoms with van der Waals surface area (Å²) in [5.41, 5.74) is 5.27. The zero-order chi connectivity index (χ0) is 13.1. The number of carbonyl (C=O) groups is 2. The van der Waals surface area contributed by atoms with Crippen LogP contribution in [0.15, 0.2) is 12.1 Å². The third kappa shape index (κ3) is 2.81. The lowest BCUT2D eigenvalue weighted by atomic mass is 10.2. The van der Waals surface area contributed by atoms with Crippen molar-refractivity contribution in [2.24, 2.45) is 5.73 Å². The Kier molecular flexibility index (Phi) is 3.86. The smallest absolute Gasteiger partial charge is 0.345 e. The number of primary amides is 1. The van der Waals surface area contributed by atoms with Crippen LogP contribution < -0.4 is 10.6 Å². The van der Waals surface area contributed by atoms with E-state index in [2.05, 4.69) is 0 Å². The highest BCUT2D eigenvalue weighted by Gasteiger charge is 2.25. The summed E-state index contributed by atoms with van der Waals surface area (Å²) >= 11 is 1.20. The maximum absolute atomic E-state index is 11.1. The highest BCUT2D eigenvalue weighted by Crippen LogP contribution is 2.32. The highest BCUT2D eigenvalue weighted by molar-refractivity contribution is 7.17. The molecular weight excluding hydrogens is 252 g/mol. The average Bonchev–Trinajstić information content (AvgIpc) is 2.97. The molecule has 1 aromatic heterocycles. The molecule has 1 aliphatic carbocycles. The summed E-state index contributed by atoms with van der Waals surface area (Å²) in [5.74, 6) is -1.32. The minimum absolute atomic E-state index is 0.157. The van der Waals surface area contributed by atoms with Crippen molar-refractivity contribution in [1.82, 2.24) is 0 Å². The first-order valence-electron chi connectivity index (χ1n) is 5.96. The molecule has 1 saturated carbocycles. The van der Waals surface area contributed by atoms with Crippen LogP contribution in [0.25, 0.3) is 0 Å². The Hall–Kier alpha value is -1.56. The van der Waals surface area contributed by atoms with Gasteiger partial charge < -0.3 is 15.7 Å². The second-order valence-electron chi connectivity index (χ2n) is 4.48. The normalized spacial score (nSPS) is 15.8. The molecule has 0 radical (unpaired) electrons. The third-order valence-corrected chi connectivity index (χ3v) is 4.29. The zero-order valence-electron chi connectivity index (χ0n) is 9.96. The lowest BCUT2D eigenvalue weighted by Gasteiger charge is -2.28. The summed E-state index contributed by atoms with van der Waals surface area (Å²) < 4.78 is 0. The maximum Gasteiger partial charge on any atom is 0.345 e. The van der Waals surface area contributed by atoms with E-state index < -0.39 is 5.97 Å². The van der Waals surface area contributed by atoms with Crippen molar-refractivity contribution in [3.05, 3.63) is 17.0 Å². The lowest BCUT2D eigenvalue weighted by molar-refractivity contribution is -0.116. The summed E-state index contributed by atoms with van der Waals surface area (Å²) in [7, 11) is 0. The minimum atomic E-state index is -0.934. The van der Waals surface area contributed by atoms with E-state index in [1.807, 2.05) is 4.90 Å². The van der Waals surface area contributed by atoms with E-state index in [1.54, 1.807) is 12.1 Å². The number of carboxylic acid groups (broad SMARTS) is 1. The Balaban J connectivity index is 2.20. The number of nitrogens with zero attached hydrogens (tertiary/aromatic N) is 1. The van der Waals surface area contributed by atoms with Gasteiger partial charge in [-0.25, -0.2) is 4.79 Å². The quantitative estimate of drug-likeness (QED) is 0.851. The van der Waals surface area contributed by atoms with E-state index >= 15 is 0 Å². The number of amides is 1. The first-order chi connectivity index (χ1) is 8.58. The molecule has 1 fully saturated rings. The van der Waals surface area contributed by atoms with Gasteiger partial charge in [-0.3, -0.25) is 4.79 Å². The standard InChI is InChI=1S/C12H16N2O3S/c13-10(15)7-14(8-3-1-2-4-8)11-6-5-9(18-11)12(16)17/h5-6,8H,1-4,7H2,(H2,13,15)(H,16,17). The molecule has 98 valence electrons. The first-order valence-corrected chi connectivity index (χ1v) is 6.77. The molecule has 5 nitrogen and oxygen atoms in total. The van der Waals surface area contributed by atoms with Crippen molar-refractivity contribution in [2.45, 2.75) is 31.7 Å². The molecule has 1 amide bonds. The molecule has 1 aliphatic rings. The first kappa shape index (κ1) is 12.9. The third-order valence-electron chi connectivity index (χ3n) is 3.18. The van der Waals surface area contributed by atoms with E-state index in [1.165, 1.54) is 11.3 Å². The fourth-order valence-electron chi connectivity index (χ4n) is 2.37. The van der Waals surface area contributed by atoms with Gasteiger partial charge in [0.2, 0.25) is 5.91 Å². The molecule has 0 saturated heterocycles. The number of hydrogen-bond acceptors (Lipinski definition) is 4. The molecule has 0 aliphatic heterocycles. The predicted octanol–water partition coefficient (Wildman–Crippen LogP) is 1.68. The second kappa shape index (κ2) is 5.39. The Labute approximate surface area is 109 Å². The van der Waals surface area contributed by atoms with Crippen molar-refractivity contribution in [3.63, 3.8) is 0 Å². The summed E-state index contributed by atoms with van der Waals surface area (Å²) in [6, 6.07) is 3.64. The molecule has 0 bridgehead atoms. The largest absolute Gasteiger partial charge is 0.477 e. The van der Waals surface area contributed by atoms with Crippen LogP contribution in [0.5, 0.6) is 0 Å². The maximum atomic E-state index is 11.1. The number of carboxylic acids is 1. The summed E-state index contributed by atoms with van der Waals surface area (Å²) in [5, 5.41) is 9.75. The zero-order valence-corrected chi connectivity index (χ0v) is 10.8. The monoisotopic (exact) mass is 268 g/mol. The van der Waals surface area contributed by atoms with Crippen LogP contribution >= 0.6 is 11.3 Å². The molecule has 0 aromatic carbocycles. The van der Waals surface area contributed by atoms with Crippen LogP contribution in [0.4, 0.5) is 5.00 Å². The van der Waals surface area contributed by atoms with Gasteiger partial charge in [0.1, 0.15) is 4.88 Å². The van der Waals surface area contributed by atoms with E-state index in [0.717, 1.165) is 30.7 Å². The van der Waals surface area contributed by atoms with Crippen molar-refractivity contribution < 1.29 is 14.7 Å². The van der Waals surface area contributed by atoms with E-state index in [-0.39, 0.29) is 17.3 Å². The molecule has 1 aromatic rings. The second-order valence-corrected chi connectivity index (χ2v) is 5.54. The van der Waals surface area contributed by atoms with Crippen LogP contribution in [0.1, 0.15) is 35.4 Å². The topological polar surface area (TPSA) is 83.6 Å². The summed E-state index contributed by atoms with van der Waals surface area (Å²) in [6.07, 6.45) is 4.37. The Bertz CT molecular complexity index is 452. The van der Waals surface area contributed by atoms with Crippen molar-refractivity contribution >= 4 is 28.2 Å². The number of aromatic carboxylic acids is 1. The van der Waals surface area contributed by atoms with E-state index in [9.17, 15) is 9.59 Å². The van der Waals surface area contributed by atoms with Gasteiger partial charge in [-0.05, 0) is 25.0 Å². The fourth-order valence-corrected chi connectivity index (χ4v) is 3.28. The highest BCUT2D eigenvalue weighted by atomic mass is 32.1. The van der Waals surface area contributed by atoms with Gasteiger partial charge in [0.15, 0.2) is 0 Å². The Morgan fingerprint density at radius 3 is 2.56 bits per heavy atom. The van der Waals surface area contributed by atoms with Crippen LogP contribution in [0, 0.1) is 0 Å².